The second-order valence-electron chi connectivity index (χ2n) is 9.95. The molecule has 1 spiro atoms. The summed E-state index contributed by atoms with van der Waals surface area (Å²) in [6.45, 7) is 1.17. The van der Waals surface area contributed by atoms with Gasteiger partial charge in [0.05, 0.1) is 11.5 Å². The Hall–Kier alpha value is -4.51. The highest BCUT2D eigenvalue weighted by molar-refractivity contribution is 6.12. The Morgan fingerprint density at radius 2 is 1.43 bits per heavy atom. The summed E-state index contributed by atoms with van der Waals surface area (Å²) in [5.74, 6) is -0.441. The Bertz CT molecular complexity index is 1500. The topological polar surface area (TPSA) is 44.5 Å². The Kier molecular flexibility index (Phi) is 4.86. The van der Waals surface area contributed by atoms with Crippen molar-refractivity contribution in [3.63, 3.8) is 0 Å². The van der Waals surface area contributed by atoms with Crippen LogP contribution in [0.25, 0.3) is 16.7 Å². The standard InChI is InChI=1S/C32H26N3O2/c36-30-10-11-31(37)35(30)17-5-16-33-18-12-23(13-19-33)24-14-20-34-21-15-32(29(34)22-24)27-8-3-1-6-25(27)26-7-2-4-9-28(26)32/h1-4,6-15,18-22,29H,5,16-17H2/q+1. The Morgan fingerprint density at radius 3 is 2.11 bits per heavy atom. The van der Waals surface area contributed by atoms with Gasteiger partial charge < -0.3 is 4.90 Å². The van der Waals surface area contributed by atoms with Crippen LogP contribution in [0.5, 0.6) is 0 Å². The van der Waals surface area contributed by atoms with Gasteiger partial charge >= 0.3 is 0 Å². The van der Waals surface area contributed by atoms with Gasteiger partial charge in [-0.15, -0.1) is 0 Å². The van der Waals surface area contributed by atoms with Crippen LogP contribution in [0.1, 0.15) is 23.1 Å². The fourth-order valence-corrected chi connectivity index (χ4v) is 6.24. The van der Waals surface area contributed by atoms with Crippen molar-refractivity contribution in [2.75, 3.05) is 6.54 Å². The van der Waals surface area contributed by atoms with Crippen LogP contribution in [-0.2, 0) is 21.5 Å². The highest BCUT2D eigenvalue weighted by atomic mass is 16.2. The molecule has 7 rings (SSSR count). The van der Waals surface area contributed by atoms with E-state index in [9.17, 15) is 9.59 Å². The third-order valence-electron chi connectivity index (χ3n) is 8.02. The normalized spacial score (nSPS) is 20.0. The summed E-state index contributed by atoms with van der Waals surface area (Å²) in [6.07, 6.45) is 18.9. The first-order valence-corrected chi connectivity index (χ1v) is 12.7. The number of fused-ring (bicyclic) bond motifs is 7. The van der Waals surface area contributed by atoms with Crippen molar-refractivity contribution in [2.45, 2.75) is 24.4 Å². The van der Waals surface area contributed by atoms with E-state index in [4.69, 9.17) is 0 Å². The van der Waals surface area contributed by atoms with Gasteiger partial charge in [0.2, 0.25) is 0 Å². The number of amides is 2. The van der Waals surface area contributed by atoms with Gasteiger partial charge in [0.25, 0.3) is 11.8 Å². The molecule has 4 aliphatic rings. The maximum Gasteiger partial charge on any atom is 0.253 e. The fraction of sp³-hybridized carbons (Fsp3) is 0.156. The van der Waals surface area contributed by atoms with Crippen molar-refractivity contribution in [3.05, 3.63) is 133 Å². The molecule has 1 aliphatic carbocycles. The van der Waals surface area contributed by atoms with E-state index in [1.807, 2.05) is 0 Å². The van der Waals surface area contributed by atoms with Crippen LogP contribution < -0.4 is 4.57 Å². The minimum Gasteiger partial charge on any atom is -0.346 e. The number of hydrogen-bond donors (Lipinski definition) is 0. The number of nitrogens with zero attached hydrogens (tertiary/aromatic N) is 3. The molecule has 0 fully saturated rings. The average Bonchev–Trinajstić information content (AvgIpc) is 3.58. The highest BCUT2D eigenvalue weighted by Crippen LogP contribution is 2.55. The summed E-state index contributed by atoms with van der Waals surface area (Å²) in [7, 11) is 0. The molecule has 0 bridgehead atoms. The summed E-state index contributed by atoms with van der Waals surface area (Å²) in [4.78, 5) is 27.1. The zero-order valence-electron chi connectivity index (χ0n) is 20.3. The zero-order chi connectivity index (χ0) is 25.0. The molecule has 0 saturated carbocycles. The third-order valence-corrected chi connectivity index (χ3v) is 8.02. The molecular weight excluding hydrogens is 458 g/mol. The lowest BCUT2D eigenvalue weighted by Crippen LogP contribution is -2.40. The summed E-state index contributed by atoms with van der Waals surface area (Å²) >= 11 is 0. The van der Waals surface area contributed by atoms with Crippen LogP contribution in [0.15, 0.2) is 116 Å². The summed E-state index contributed by atoms with van der Waals surface area (Å²) in [6, 6.07) is 22.0. The molecule has 1 atom stereocenters. The number of aryl methyl sites for hydroxylation is 1. The number of imide groups is 1. The van der Waals surface area contributed by atoms with Crippen molar-refractivity contribution in [2.24, 2.45) is 0 Å². The van der Waals surface area contributed by atoms with E-state index in [1.54, 1.807) is 0 Å². The van der Waals surface area contributed by atoms with Crippen LogP contribution >= 0.6 is 0 Å². The van der Waals surface area contributed by atoms with E-state index in [2.05, 4.69) is 113 Å². The van der Waals surface area contributed by atoms with Crippen molar-refractivity contribution in [1.82, 2.24) is 9.80 Å². The van der Waals surface area contributed by atoms with Gasteiger partial charge in [-0.25, -0.2) is 4.57 Å². The Balaban J connectivity index is 1.15. The van der Waals surface area contributed by atoms with Crippen LogP contribution in [0.3, 0.4) is 0 Å². The van der Waals surface area contributed by atoms with Crippen LogP contribution in [-0.4, -0.2) is 34.2 Å². The van der Waals surface area contributed by atoms with Crippen molar-refractivity contribution >= 4 is 17.4 Å². The molecule has 2 amide bonds. The van der Waals surface area contributed by atoms with E-state index in [-0.39, 0.29) is 23.3 Å². The van der Waals surface area contributed by atoms with E-state index in [1.165, 1.54) is 50.4 Å². The maximum absolute atomic E-state index is 11.7. The van der Waals surface area contributed by atoms with Crippen LogP contribution in [0.4, 0.5) is 0 Å². The van der Waals surface area contributed by atoms with Gasteiger partial charge in [-0.2, -0.15) is 0 Å². The van der Waals surface area contributed by atoms with E-state index in [0.29, 0.717) is 6.54 Å². The van der Waals surface area contributed by atoms with Crippen LogP contribution in [0.2, 0.25) is 0 Å². The lowest BCUT2D eigenvalue weighted by Gasteiger charge is -2.37. The smallest absolute Gasteiger partial charge is 0.253 e. The predicted octanol–water partition coefficient (Wildman–Crippen LogP) is 4.36. The van der Waals surface area contributed by atoms with Crippen molar-refractivity contribution in [1.29, 1.82) is 0 Å². The molecule has 0 saturated heterocycles. The lowest BCUT2D eigenvalue weighted by atomic mass is 9.72. The van der Waals surface area contributed by atoms with Gasteiger partial charge in [0.1, 0.15) is 6.54 Å². The predicted molar refractivity (Wildman–Crippen MR) is 142 cm³/mol. The van der Waals surface area contributed by atoms with E-state index in [0.717, 1.165) is 13.0 Å². The summed E-state index contributed by atoms with van der Waals surface area (Å²) in [5.41, 5.74) is 7.53. The molecule has 180 valence electrons. The molecule has 0 radical (unpaired) electrons. The highest BCUT2D eigenvalue weighted by Gasteiger charge is 2.51. The van der Waals surface area contributed by atoms with Gasteiger partial charge in [0, 0.05) is 49.7 Å². The lowest BCUT2D eigenvalue weighted by molar-refractivity contribution is -0.697. The molecule has 3 aliphatic heterocycles. The van der Waals surface area contributed by atoms with Crippen molar-refractivity contribution < 1.29 is 14.2 Å². The van der Waals surface area contributed by atoms with Gasteiger partial charge in [-0.05, 0) is 39.5 Å². The molecular formula is C32H26N3O2+. The number of benzene rings is 2. The largest absolute Gasteiger partial charge is 0.346 e. The monoisotopic (exact) mass is 484 g/mol. The molecule has 1 unspecified atom stereocenters. The number of aromatic nitrogens is 1. The molecule has 4 heterocycles. The number of allylic oxidation sites excluding steroid dienone is 2. The fourth-order valence-electron chi connectivity index (χ4n) is 6.24. The van der Waals surface area contributed by atoms with E-state index < -0.39 is 0 Å². The van der Waals surface area contributed by atoms with Gasteiger partial charge in [-0.1, -0.05) is 60.7 Å². The second-order valence-corrected chi connectivity index (χ2v) is 9.95. The molecule has 3 aromatic rings. The average molecular weight is 485 g/mol. The van der Waals surface area contributed by atoms with Crippen LogP contribution in [0, 0.1) is 0 Å². The second kappa shape index (κ2) is 8.27. The minimum absolute atomic E-state index is 0.161. The quantitative estimate of drug-likeness (QED) is 0.399. The Morgan fingerprint density at radius 1 is 0.784 bits per heavy atom. The molecule has 1 aromatic heterocycles. The third kappa shape index (κ3) is 3.27. The molecule has 37 heavy (non-hydrogen) atoms. The molecule has 5 heteroatoms. The SMILES string of the molecule is O=C1C=CC(=O)N1CCC[n+]1ccc(C2=CC3N(C=C2)C=CC32c3ccccc3-c3ccccc32)cc1. The summed E-state index contributed by atoms with van der Waals surface area (Å²) in [5, 5.41) is 0. The first-order chi connectivity index (χ1) is 18.1. The van der Waals surface area contributed by atoms with Gasteiger partial charge in [-0.3, -0.25) is 14.5 Å². The number of carbonyl (C=O) groups is 2. The number of pyridine rings is 1. The molecule has 5 nitrogen and oxygen atoms in total. The first-order valence-electron chi connectivity index (χ1n) is 12.7. The molecule has 0 N–H and O–H groups in total. The minimum atomic E-state index is -0.220. The Labute approximate surface area is 216 Å². The number of hydrogen-bond acceptors (Lipinski definition) is 3. The zero-order valence-corrected chi connectivity index (χ0v) is 20.3. The molecule has 2 aromatic carbocycles. The number of carbonyl (C=O) groups excluding carboxylic acids is 2. The first kappa shape index (κ1) is 21.7. The summed E-state index contributed by atoms with van der Waals surface area (Å²) < 4.78 is 2.10. The van der Waals surface area contributed by atoms with Crippen molar-refractivity contribution in [3.8, 4) is 11.1 Å². The van der Waals surface area contributed by atoms with E-state index >= 15 is 0 Å². The maximum atomic E-state index is 11.7. The van der Waals surface area contributed by atoms with Gasteiger partial charge in [0.15, 0.2) is 12.4 Å². The number of rotatable bonds is 5.